The molecule has 3 rings (SSSR count). The summed E-state index contributed by atoms with van der Waals surface area (Å²) in [5.41, 5.74) is 2.58. The predicted molar refractivity (Wildman–Crippen MR) is 87.5 cm³/mol. The van der Waals surface area contributed by atoms with Crippen molar-refractivity contribution < 1.29 is 14.0 Å². The highest BCUT2D eigenvalue weighted by atomic mass is 16.6. The fourth-order valence-corrected chi connectivity index (χ4v) is 2.45. The Bertz CT molecular complexity index is 865. The van der Waals surface area contributed by atoms with Crippen molar-refractivity contribution in [3.05, 3.63) is 57.3 Å². The molecular weight excluding hydrogens is 326 g/mol. The zero-order valence-corrected chi connectivity index (χ0v) is 14.1. The largest absolute Gasteiger partial charge is 0.361 e. The average Bonchev–Trinajstić information content (AvgIpc) is 3.17. The summed E-state index contributed by atoms with van der Waals surface area (Å²) in [5, 5.41) is 18.6. The monoisotopic (exact) mass is 343 g/mol. The van der Waals surface area contributed by atoms with E-state index < -0.39 is 4.92 Å². The molecule has 9 nitrogen and oxygen atoms in total. The lowest BCUT2D eigenvalue weighted by Gasteiger charge is -2.13. The van der Waals surface area contributed by atoms with Gasteiger partial charge >= 0.3 is 0 Å². The summed E-state index contributed by atoms with van der Waals surface area (Å²) in [6, 6.07) is 6.02. The molecule has 0 fully saturated rings. The van der Waals surface area contributed by atoms with Gasteiger partial charge < -0.3 is 9.05 Å². The molecule has 2 aromatic heterocycles. The molecule has 25 heavy (non-hydrogen) atoms. The van der Waals surface area contributed by atoms with Crippen molar-refractivity contribution in [1.29, 1.82) is 0 Å². The maximum absolute atomic E-state index is 10.7. The van der Waals surface area contributed by atoms with Crippen molar-refractivity contribution in [1.82, 2.24) is 20.2 Å². The Morgan fingerprint density at radius 2 is 1.84 bits per heavy atom. The molecular formula is C16H17N5O4. The smallest absolute Gasteiger partial charge is 0.269 e. The minimum absolute atomic E-state index is 0.0201. The lowest BCUT2D eigenvalue weighted by molar-refractivity contribution is -0.384. The van der Waals surface area contributed by atoms with E-state index in [4.69, 9.17) is 9.05 Å². The van der Waals surface area contributed by atoms with Crippen LogP contribution in [0.15, 0.2) is 33.3 Å². The number of aromatic nitrogens is 3. The molecule has 0 radical (unpaired) electrons. The summed E-state index contributed by atoms with van der Waals surface area (Å²) in [5.74, 6) is 1.65. The number of rotatable bonds is 6. The van der Waals surface area contributed by atoms with E-state index in [9.17, 15) is 10.1 Å². The van der Waals surface area contributed by atoms with Gasteiger partial charge in [0.25, 0.3) is 5.69 Å². The number of hydrogen-bond donors (Lipinski definition) is 0. The summed E-state index contributed by atoms with van der Waals surface area (Å²) in [6.45, 7) is 4.89. The molecule has 0 unspecified atom stereocenters. The van der Waals surface area contributed by atoms with Gasteiger partial charge in [-0.25, -0.2) is 0 Å². The average molecular weight is 343 g/mol. The molecule has 130 valence electrons. The summed E-state index contributed by atoms with van der Waals surface area (Å²) in [4.78, 5) is 16.6. The lowest BCUT2D eigenvalue weighted by Crippen LogP contribution is -2.18. The van der Waals surface area contributed by atoms with Crippen molar-refractivity contribution in [3.8, 4) is 11.4 Å². The summed E-state index contributed by atoms with van der Waals surface area (Å²) >= 11 is 0. The van der Waals surface area contributed by atoms with Crippen LogP contribution < -0.4 is 0 Å². The number of non-ortho nitro benzene ring substituents is 1. The second kappa shape index (κ2) is 6.81. The highest BCUT2D eigenvalue weighted by molar-refractivity contribution is 5.56. The number of aryl methyl sites for hydroxylation is 2. The Morgan fingerprint density at radius 1 is 1.12 bits per heavy atom. The predicted octanol–water partition coefficient (Wildman–Crippen LogP) is 2.88. The molecule has 2 heterocycles. The van der Waals surface area contributed by atoms with Gasteiger partial charge in [-0.2, -0.15) is 4.98 Å². The third-order valence-corrected chi connectivity index (χ3v) is 3.82. The van der Waals surface area contributed by atoms with Crippen LogP contribution in [-0.4, -0.2) is 32.2 Å². The number of hydrogen-bond acceptors (Lipinski definition) is 8. The first-order chi connectivity index (χ1) is 11.9. The fraction of sp³-hybridized carbons (Fsp3) is 0.312. The van der Waals surface area contributed by atoms with Gasteiger partial charge in [0, 0.05) is 29.8 Å². The van der Waals surface area contributed by atoms with E-state index in [1.165, 1.54) is 12.1 Å². The van der Waals surface area contributed by atoms with Crippen molar-refractivity contribution in [2.24, 2.45) is 0 Å². The minimum Gasteiger partial charge on any atom is -0.361 e. The Kier molecular flexibility index (Phi) is 4.57. The van der Waals surface area contributed by atoms with Gasteiger partial charge in [0.1, 0.15) is 5.76 Å². The molecule has 0 spiro atoms. The van der Waals surface area contributed by atoms with Crippen LogP contribution >= 0.6 is 0 Å². The second-order valence-electron chi connectivity index (χ2n) is 5.79. The van der Waals surface area contributed by atoms with Gasteiger partial charge in [-0.3, -0.25) is 15.0 Å². The Balaban J connectivity index is 1.68. The summed E-state index contributed by atoms with van der Waals surface area (Å²) in [6.07, 6.45) is 0. The highest BCUT2D eigenvalue weighted by Crippen LogP contribution is 2.21. The van der Waals surface area contributed by atoms with Crippen molar-refractivity contribution in [2.75, 3.05) is 7.05 Å². The van der Waals surface area contributed by atoms with Crippen LogP contribution in [0, 0.1) is 24.0 Å². The van der Waals surface area contributed by atoms with Crippen LogP contribution in [-0.2, 0) is 13.1 Å². The summed E-state index contributed by atoms with van der Waals surface area (Å²) < 4.78 is 10.4. The molecule has 0 saturated heterocycles. The first-order valence-corrected chi connectivity index (χ1v) is 7.61. The number of benzene rings is 1. The Morgan fingerprint density at radius 3 is 2.44 bits per heavy atom. The molecule has 0 aliphatic heterocycles. The topological polar surface area (TPSA) is 111 Å². The van der Waals surface area contributed by atoms with Gasteiger partial charge in [0.15, 0.2) is 0 Å². The van der Waals surface area contributed by atoms with Gasteiger partial charge in [-0.05, 0) is 33.0 Å². The van der Waals surface area contributed by atoms with E-state index >= 15 is 0 Å². The maximum Gasteiger partial charge on any atom is 0.269 e. The first-order valence-electron chi connectivity index (χ1n) is 7.61. The molecule has 0 aliphatic carbocycles. The lowest BCUT2D eigenvalue weighted by atomic mass is 10.2. The molecule has 1 aromatic carbocycles. The minimum atomic E-state index is -0.449. The number of nitro groups is 1. The third-order valence-electron chi connectivity index (χ3n) is 3.82. The normalized spacial score (nSPS) is 11.2. The number of nitro benzene ring substituents is 1. The van der Waals surface area contributed by atoms with Gasteiger partial charge in [-0.15, -0.1) is 0 Å². The van der Waals surface area contributed by atoms with Crippen LogP contribution in [0.3, 0.4) is 0 Å². The van der Waals surface area contributed by atoms with Gasteiger partial charge in [0.05, 0.1) is 17.2 Å². The van der Waals surface area contributed by atoms with Crippen molar-refractivity contribution in [2.45, 2.75) is 26.9 Å². The van der Waals surface area contributed by atoms with Crippen LogP contribution in [0.2, 0.25) is 0 Å². The first kappa shape index (κ1) is 16.8. The fourth-order valence-electron chi connectivity index (χ4n) is 2.45. The van der Waals surface area contributed by atoms with Crippen LogP contribution in [0.4, 0.5) is 5.69 Å². The molecule has 0 N–H and O–H groups in total. The van der Waals surface area contributed by atoms with E-state index in [1.807, 2.05) is 25.8 Å². The standard InChI is InChI=1S/C16H17N5O4/c1-10-14(11(2)24-18-10)8-20(3)9-15-17-16(19-25-15)12-4-6-13(7-5-12)21(22)23/h4-7H,8-9H2,1-3H3. The zero-order valence-electron chi connectivity index (χ0n) is 14.1. The van der Waals surface area contributed by atoms with E-state index in [0.717, 1.165) is 17.0 Å². The molecule has 0 aliphatic rings. The molecule has 0 saturated carbocycles. The second-order valence-corrected chi connectivity index (χ2v) is 5.79. The molecule has 0 bridgehead atoms. The molecule has 0 atom stereocenters. The molecule has 3 aromatic rings. The van der Waals surface area contributed by atoms with Crippen LogP contribution in [0.1, 0.15) is 22.9 Å². The number of nitrogens with zero attached hydrogens (tertiary/aromatic N) is 5. The van der Waals surface area contributed by atoms with Crippen LogP contribution in [0.25, 0.3) is 11.4 Å². The Hall–Kier alpha value is -3.07. The van der Waals surface area contributed by atoms with E-state index in [-0.39, 0.29) is 5.69 Å². The molecule has 9 heteroatoms. The third kappa shape index (κ3) is 3.72. The quantitative estimate of drug-likeness (QED) is 0.496. The van der Waals surface area contributed by atoms with Gasteiger partial charge in [-0.1, -0.05) is 10.3 Å². The Labute approximate surface area is 143 Å². The summed E-state index contributed by atoms with van der Waals surface area (Å²) in [7, 11) is 1.93. The maximum atomic E-state index is 10.7. The SMILES string of the molecule is Cc1noc(C)c1CN(C)Cc1nc(-c2ccc([N+](=O)[O-])cc2)no1. The molecule has 0 amide bonds. The highest BCUT2D eigenvalue weighted by Gasteiger charge is 2.15. The van der Waals surface area contributed by atoms with Crippen LogP contribution in [0.5, 0.6) is 0 Å². The van der Waals surface area contributed by atoms with E-state index in [0.29, 0.717) is 30.4 Å². The van der Waals surface area contributed by atoms with Crippen molar-refractivity contribution >= 4 is 5.69 Å². The van der Waals surface area contributed by atoms with Gasteiger partial charge in [0.2, 0.25) is 11.7 Å². The zero-order chi connectivity index (χ0) is 18.0. The van der Waals surface area contributed by atoms with E-state index in [2.05, 4.69) is 15.3 Å². The van der Waals surface area contributed by atoms with Crippen molar-refractivity contribution in [3.63, 3.8) is 0 Å². The van der Waals surface area contributed by atoms with E-state index in [1.54, 1.807) is 12.1 Å².